The summed E-state index contributed by atoms with van der Waals surface area (Å²) in [6.07, 6.45) is 1.42. The minimum Gasteiger partial charge on any atom is -0.352 e. The number of ketones is 1. The molecule has 8 heteroatoms. The van der Waals surface area contributed by atoms with Crippen LogP contribution in [0.5, 0.6) is 0 Å². The smallest absolute Gasteiger partial charge is 0.293 e. The number of aromatic nitrogens is 1. The van der Waals surface area contributed by atoms with Crippen LogP contribution in [0.2, 0.25) is 5.02 Å². The third kappa shape index (κ3) is 2.99. The van der Waals surface area contributed by atoms with Crippen LogP contribution in [0, 0.1) is 12.7 Å². The Morgan fingerprint density at radius 1 is 1.27 bits per heavy atom. The fourth-order valence-electron chi connectivity index (χ4n) is 3.30. The van der Waals surface area contributed by atoms with Gasteiger partial charge < -0.3 is 15.2 Å². The highest BCUT2D eigenvalue weighted by Gasteiger charge is 2.32. The molecule has 0 saturated heterocycles. The number of fused-ring (bicyclic) bond motifs is 1. The van der Waals surface area contributed by atoms with Crippen LogP contribution in [0.15, 0.2) is 18.2 Å². The van der Waals surface area contributed by atoms with Crippen LogP contribution in [0.1, 0.15) is 38.5 Å². The molecule has 0 atom stereocenters. The van der Waals surface area contributed by atoms with E-state index >= 15 is 0 Å². The van der Waals surface area contributed by atoms with Gasteiger partial charge in [-0.25, -0.2) is 4.39 Å². The lowest BCUT2D eigenvalue weighted by atomic mass is 10.0. The van der Waals surface area contributed by atoms with E-state index in [1.807, 2.05) is 0 Å². The zero-order valence-corrected chi connectivity index (χ0v) is 15.0. The van der Waals surface area contributed by atoms with Gasteiger partial charge in [-0.15, -0.1) is 0 Å². The summed E-state index contributed by atoms with van der Waals surface area (Å²) in [7, 11) is 1.38. The van der Waals surface area contributed by atoms with Crippen molar-refractivity contribution in [3.63, 3.8) is 0 Å². The van der Waals surface area contributed by atoms with Gasteiger partial charge in [0.05, 0.1) is 16.3 Å². The maximum Gasteiger partial charge on any atom is 0.293 e. The number of hydrogen-bond donors (Lipinski definition) is 2. The summed E-state index contributed by atoms with van der Waals surface area (Å²) in [6, 6.07) is 3.88. The van der Waals surface area contributed by atoms with Gasteiger partial charge in [0.1, 0.15) is 5.82 Å². The lowest BCUT2D eigenvalue weighted by molar-refractivity contribution is -0.116. The average molecular weight is 378 g/mol. The lowest BCUT2D eigenvalue weighted by Crippen LogP contribution is -2.29. The quantitative estimate of drug-likeness (QED) is 0.635. The SMILES string of the molecule is CNC(=O)C(=O)c1c(C)c(C(=O)Nc2ccc(F)c(Cl)c2)c2n1CCC2. The van der Waals surface area contributed by atoms with Crippen molar-refractivity contribution >= 4 is 34.9 Å². The van der Waals surface area contributed by atoms with Crippen molar-refractivity contribution < 1.29 is 18.8 Å². The zero-order chi connectivity index (χ0) is 19.0. The summed E-state index contributed by atoms with van der Waals surface area (Å²) >= 11 is 5.75. The molecule has 1 aliphatic heterocycles. The Kier molecular flexibility index (Phi) is 4.82. The van der Waals surface area contributed by atoms with E-state index in [0.29, 0.717) is 29.8 Å². The van der Waals surface area contributed by atoms with Crippen molar-refractivity contribution in [2.24, 2.45) is 0 Å². The second kappa shape index (κ2) is 6.92. The highest BCUT2D eigenvalue weighted by molar-refractivity contribution is 6.43. The summed E-state index contributed by atoms with van der Waals surface area (Å²) in [5, 5.41) is 4.90. The Bertz CT molecular complexity index is 936. The first-order chi connectivity index (χ1) is 12.3. The Labute approximate surface area is 154 Å². The van der Waals surface area contributed by atoms with Crippen molar-refractivity contribution in [1.82, 2.24) is 9.88 Å². The minimum absolute atomic E-state index is 0.0999. The summed E-state index contributed by atoms with van der Waals surface area (Å²) in [4.78, 5) is 37.0. The van der Waals surface area contributed by atoms with Gasteiger partial charge in [-0.3, -0.25) is 14.4 Å². The van der Waals surface area contributed by atoms with E-state index in [1.54, 1.807) is 11.5 Å². The van der Waals surface area contributed by atoms with Gasteiger partial charge in [0.2, 0.25) is 0 Å². The maximum absolute atomic E-state index is 13.3. The van der Waals surface area contributed by atoms with Gasteiger partial charge in [0.25, 0.3) is 17.6 Å². The molecule has 0 saturated carbocycles. The monoisotopic (exact) mass is 377 g/mol. The van der Waals surface area contributed by atoms with Crippen LogP contribution < -0.4 is 10.6 Å². The average Bonchev–Trinajstić information content (AvgIpc) is 3.16. The lowest BCUT2D eigenvalue weighted by Gasteiger charge is -2.07. The van der Waals surface area contributed by atoms with E-state index in [1.165, 1.54) is 19.2 Å². The molecule has 0 unspecified atom stereocenters. The molecule has 26 heavy (non-hydrogen) atoms. The molecule has 136 valence electrons. The Balaban J connectivity index is 2.00. The van der Waals surface area contributed by atoms with E-state index in [0.717, 1.165) is 18.2 Å². The molecule has 1 aliphatic rings. The molecule has 2 aromatic rings. The molecule has 0 spiro atoms. The molecule has 2 N–H and O–H groups in total. The standard InChI is InChI=1S/C18H17ClFN3O3/c1-9-14(17(25)22-10-5-6-12(20)11(19)8-10)13-4-3-7-23(13)15(9)16(24)18(26)21-2/h5-6,8H,3-4,7H2,1-2H3,(H,21,26)(H,22,25). The second-order valence-electron chi connectivity index (χ2n) is 6.04. The highest BCUT2D eigenvalue weighted by atomic mass is 35.5. The normalized spacial score (nSPS) is 12.6. The van der Waals surface area contributed by atoms with Crippen molar-refractivity contribution in [2.75, 3.05) is 12.4 Å². The molecule has 0 aliphatic carbocycles. The van der Waals surface area contributed by atoms with Crippen LogP contribution in [0.25, 0.3) is 0 Å². The number of rotatable bonds is 4. The molecule has 0 fully saturated rings. The Morgan fingerprint density at radius 2 is 2.00 bits per heavy atom. The van der Waals surface area contributed by atoms with Crippen LogP contribution in [-0.2, 0) is 17.8 Å². The molecule has 0 radical (unpaired) electrons. The van der Waals surface area contributed by atoms with Gasteiger partial charge in [0.15, 0.2) is 0 Å². The Hall–Kier alpha value is -2.67. The van der Waals surface area contributed by atoms with Crippen LogP contribution in [-0.4, -0.2) is 29.2 Å². The van der Waals surface area contributed by atoms with Crippen LogP contribution in [0.4, 0.5) is 10.1 Å². The van der Waals surface area contributed by atoms with Gasteiger partial charge in [-0.1, -0.05) is 11.6 Å². The number of carbonyl (C=O) groups excluding carboxylic acids is 3. The number of nitrogens with one attached hydrogen (secondary N) is 2. The molecule has 2 heterocycles. The number of amides is 2. The van der Waals surface area contributed by atoms with Crippen LogP contribution >= 0.6 is 11.6 Å². The fourth-order valence-corrected chi connectivity index (χ4v) is 3.48. The number of anilines is 1. The molecular formula is C18H17ClFN3O3. The third-order valence-corrected chi connectivity index (χ3v) is 4.75. The summed E-state index contributed by atoms with van der Waals surface area (Å²) in [5.41, 5.74) is 2.13. The number of carbonyl (C=O) groups is 3. The van der Waals surface area contributed by atoms with E-state index in [4.69, 9.17) is 11.6 Å². The van der Waals surface area contributed by atoms with Crippen molar-refractivity contribution in [2.45, 2.75) is 26.3 Å². The predicted molar refractivity (Wildman–Crippen MR) is 95.3 cm³/mol. The predicted octanol–water partition coefficient (Wildman–Crippen LogP) is 2.72. The maximum atomic E-state index is 13.3. The number of likely N-dealkylation sites (N-methyl/N-ethyl adjacent to an activating group) is 1. The highest BCUT2D eigenvalue weighted by Crippen LogP contribution is 2.30. The first-order valence-corrected chi connectivity index (χ1v) is 8.47. The largest absolute Gasteiger partial charge is 0.352 e. The number of hydrogen-bond acceptors (Lipinski definition) is 3. The van der Waals surface area contributed by atoms with Crippen molar-refractivity contribution in [3.8, 4) is 0 Å². The fraction of sp³-hybridized carbons (Fsp3) is 0.278. The number of Topliss-reactive ketones (excluding diaryl/α,β-unsaturated/α-hetero) is 1. The number of halogens is 2. The molecule has 2 amide bonds. The van der Waals surface area contributed by atoms with Gasteiger partial charge in [0, 0.05) is 25.0 Å². The van der Waals surface area contributed by atoms with Gasteiger partial charge in [-0.2, -0.15) is 0 Å². The molecule has 1 aromatic heterocycles. The summed E-state index contributed by atoms with van der Waals surface area (Å²) in [5.74, 6) is -2.40. The molecule has 0 bridgehead atoms. The molecule has 3 rings (SSSR count). The molecular weight excluding hydrogens is 361 g/mol. The Morgan fingerprint density at radius 3 is 2.65 bits per heavy atom. The topological polar surface area (TPSA) is 80.2 Å². The minimum atomic E-state index is -0.724. The van der Waals surface area contributed by atoms with Gasteiger partial charge >= 0.3 is 0 Å². The first kappa shape index (κ1) is 18.1. The zero-order valence-electron chi connectivity index (χ0n) is 14.3. The third-order valence-electron chi connectivity index (χ3n) is 4.46. The van der Waals surface area contributed by atoms with Crippen molar-refractivity contribution in [1.29, 1.82) is 0 Å². The molecule has 6 nitrogen and oxygen atoms in total. The number of benzene rings is 1. The summed E-state index contributed by atoms with van der Waals surface area (Å²) in [6.45, 7) is 2.22. The van der Waals surface area contributed by atoms with Crippen LogP contribution in [0.3, 0.4) is 0 Å². The van der Waals surface area contributed by atoms with Gasteiger partial charge in [-0.05, 0) is 43.5 Å². The van der Waals surface area contributed by atoms with Crippen molar-refractivity contribution in [3.05, 3.63) is 51.6 Å². The second-order valence-corrected chi connectivity index (χ2v) is 6.45. The van der Waals surface area contributed by atoms with E-state index in [-0.39, 0.29) is 10.7 Å². The molecule has 1 aromatic carbocycles. The summed E-state index contributed by atoms with van der Waals surface area (Å²) < 4.78 is 15.0. The number of nitrogens with zero attached hydrogens (tertiary/aromatic N) is 1. The van der Waals surface area contributed by atoms with E-state index in [2.05, 4.69) is 10.6 Å². The van der Waals surface area contributed by atoms with E-state index in [9.17, 15) is 18.8 Å². The first-order valence-electron chi connectivity index (χ1n) is 8.10. The van der Waals surface area contributed by atoms with E-state index < -0.39 is 23.4 Å².